The molecule has 1 aliphatic heterocycles. The fourth-order valence-corrected chi connectivity index (χ4v) is 3.20. The Balaban J connectivity index is 0.000000273. The van der Waals surface area contributed by atoms with Gasteiger partial charge >= 0.3 is 6.03 Å². The molecule has 4 N–H and O–H groups in total. The van der Waals surface area contributed by atoms with Gasteiger partial charge in [-0.15, -0.1) is 0 Å². The minimum Gasteiger partial charge on any atom is -0.382 e. The van der Waals surface area contributed by atoms with E-state index in [4.69, 9.17) is 10.5 Å². The topological polar surface area (TPSA) is 110 Å². The second-order valence-electron chi connectivity index (χ2n) is 7.51. The average Bonchev–Trinajstić information content (AvgIpc) is 2.81. The highest BCUT2D eigenvalue weighted by Crippen LogP contribution is 2.28. The number of amides is 2. The minimum atomic E-state index is -2.96. The largest absolute Gasteiger partial charge is 0.382 e. The Bertz CT molecular complexity index is 961. The first-order chi connectivity index (χ1) is 15.6. The van der Waals surface area contributed by atoms with Crippen LogP contribution in [0, 0.1) is 12.7 Å². The van der Waals surface area contributed by atoms with Gasteiger partial charge in [0.05, 0.1) is 31.8 Å². The number of nitrogens with one attached hydrogen (secondary N) is 2. The van der Waals surface area contributed by atoms with Gasteiger partial charge in [-0.2, -0.15) is 0 Å². The number of aryl methyl sites for hydroxylation is 1. The lowest BCUT2D eigenvalue weighted by molar-refractivity contribution is -0.109. The molecule has 2 atom stereocenters. The Hall–Kier alpha value is -3.18. The van der Waals surface area contributed by atoms with Gasteiger partial charge < -0.3 is 30.8 Å². The van der Waals surface area contributed by atoms with E-state index in [9.17, 15) is 22.8 Å². The number of nitrogens with zero attached hydrogens (tertiary/aromatic N) is 2. The van der Waals surface area contributed by atoms with Crippen molar-refractivity contribution in [1.82, 2.24) is 15.2 Å². The molecular formula is C22H28F3N5O3. The van der Waals surface area contributed by atoms with E-state index in [1.54, 1.807) is 38.4 Å². The highest BCUT2D eigenvalue weighted by molar-refractivity contribution is 5.76. The van der Waals surface area contributed by atoms with E-state index in [1.807, 2.05) is 0 Å². The van der Waals surface area contributed by atoms with E-state index in [-0.39, 0.29) is 12.4 Å². The first kappa shape index (κ1) is 26.1. The van der Waals surface area contributed by atoms with E-state index in [1.165, 1.54) is 19.2 Å². The summed E-state index contributed by atoms with van der Waals surface area (Å²) in [6.45, 7) is 0.483. The highest BCUT2D eigenvalue weighted by atomic mass is 19.3. The Morgan fingerprint density at radius 3 is 2.67 bits per heavy atom. The molecule has 2 aromatic rings. The van der Waals surface area contributed by atoms with Crippen LogP contribution in [0.25, 0.3) is 0 Å². The summed E-state index contributed by atoms with van der Waals surface area (Å²) in [5.74, 6) is -2.65. The van der Waals surface area contributed by atoms with Crippen molar-refractivity contribution in [3.8, 4) is 0 Å². The van der Waals surface area contributed by atoms with Crippen LogP contribution < -0.4 is 16.4 Å². The minimum absolute atomic E-state index is 0.122. The Kier molecular flexibility index (Phi) is 9.18. The first-order valence-electron chi connectivity index (χ1n) is 10.1. The third kappa shape index (κ3) is 7.16. The normalized spacial score (nSPS) is 16.7. The zero-order chi connectivity index (χ0) is 24.6. The van der Waals surface area contributed by atoms with E-state index >= 15 is 0 Å². The number of aldehydes is 1. The number of alkyl halides is 2. The van der Waals surface area contributed by atoms with Crippen molar-refractivity contribution in [2.75, 3.05) is 39.2 Å². The molecule has 2 amide bonds. The molecule has 3 rings (SSSR count). The molecule has 2 unspecified atom stereocenters. The third-order valence-electron chi connectivity index (χ3n) is 5.00. The number of methoxy groups -OCH3 is 1. The quantitative estimate of drug-likeness (QED) is 0.541. The van der Waals surface area contributed by atoms with Crippen LogP contribution >= 0.6 is 0 Å². The number of hydrogen-bond donors (Lipinski definition) is 3. The van der Waals surface area contributed by atoms with Crippen molar-refractivity contribution in [2.24, 2.45) is 5.73 Å². The van der Waals surface area contributed by atoms with Gasteiger partial charge in [0.1, 0.15) is 17.9 Å². The molecule has 180 valence electrons. The van der Waals surface area contributed by atoms with Crippen molar-refractivity contribution in [3.63, 3.8) is 0 Å². The number of hydrogen-bond acceptors (Lipinski definition) is 6. The second-order valence-corrected chi connectivity index (χ2v) is 7.51. The standard InChI is InChI=1S/C13H18F2N4O2.C9H10FNO/c1-16-11-5-9(3-4-17-11)10(6-21-2)19-8-13(14,15)7-18-12(19)20;1-6-4-7(9(11)5-12)2-3-8(6)10/h3-5,10H,6-8H2,1-2H3,(H,16,17)(H,18,20);2-5,9H,11H2,1H3. The molecular weight excluding hydrogens is 439 g/mol. The van der Waals surface area contributed by atoms with Gasteiger partial charge in [0.15, 0.2) is 0 Å². The molecule has 0 aliphatic carbocycles. The SMILES string of the molecule is CNc1cc(C(COC)N2CC(F)(F)CNC2=O)ccn1.Cc1cc(C(N)C=O)ccc1F. The van der Waals surface area contributed by atoms with Crippen molar-refractivity contribution in [2.45, 2.75) is 24.9 Å². The number of urea groups is 1. The van der Waals surface area contributed by atoms with Gasteiger partial charge in [-0.05, 0) is 41.8 Å². The number of halogens is 3. The molecule has 2 heterocycles. The number of carbonyl (C=O) groups excluding carboxylic acids is 2. The van der Waals surface area contributed by atoms with Crippen LogP contribution in [0.1, 0.15) is 28.8 Å². The summed E-state index contributed by atoms with van der Waals surface area (Å²) in [5, 5.41) is 5.09. The van der Waals surface area contributed by atoms with Crippen molar-refractivity contribution < 1.29 is 27.5 Å². The molecule has 0 bridgehead atoms. The molecule has 1 aromatic carbocycles. The number of aromatic nitrogens is 1. The zero-order valence-corrected chi connectivity index (χ0v) is 18.6. The molecule has 1 fully saturated rings. The molecule has 0 saturated carbocycles. The van der Waals surface area contributed by atoms with Crippen LogP contribution in [0.2, 0.25) is 0 Å². The molecule has 0 radical (unpaired) electrons. The molecule has 1 saturated heterocycles. The molecule has 11 heteroatoms. The lowest BCUT2D eigenvalue weighted by atomic mass is 10.1. The molecule has 8 nitrogen and oxygen atoms in total. The van der Waals surface area contributed by atoms with Gasteiger partial charge in [-0.1, -0.05) is 12.1 Å². The summed E-state index contributed by atoms with van der Waals surface area (Å²) in [6, 6.07) is 6.03. The number of pyridine rings is 1. The first-order valence-corrected chi connectivity index (χ1v) is 10.1. The Morgan fingerprint density at radius 2 is 2.06 bits per heavy atom. The fourth-order valence-electron chi connectivity index (χ4n) is 3.20. The third-order valence-corrected chi connectivity index (χ3v) is 5.00. The van der Waals surface area contributed by atoms with E-state index in [0.717, 1.165) is 4.90 Å². The zero-order valence-electron chi connectivity index (χ0n) is 18.6. The maximum absolute atomic E-state index is 13.6. The van der Waals surface area contributed by atoms with Crippen LogP contribution in [0.15, 0.2) is 36.5 Å². The Morgan fingerprint density at radius 1 is 1.33 bits per heavy atom. The van der Waals surface area contributed by atoms with Crippen LogP contribution in [0.5, 0.6) is 0 Å². The van der Waals surface area contributed by atoms with Gasteiger partial charge in [-0.25, -0.2) is 22.9 Å². The number of nitrogens with two attached hydrogens (primary N) is 1. The van der Waals surface area contributed by atoms with E-state index in [2.05, 4.69) is 15.6 Å². The van der Waals surface area contributed by atoms with Gasteiger partial charge in [-0.3, -0.25) is 0 Å². The van der Waals surface area contributed by atoms with Gasteiger partial charge in [0, 0.05) is 20.4 Å². The molecule has 1 aliphatic rings. The van der Waals surface area contributed by atoms with Crippen LogP contribution in [0.4, 0.5) is 23.8 Å². The highest BCUT2D eigenvalue weighted by Gasteiger charge is 2.42. The number of benzene rings is 1. The maximum atomic E-state index is 13.6. The average molecular weight is 467 g/mol. The molecule has 33 heavy (non-hydrogen) atoms. The smallest absolute Gasteiger partial charge is 0.318 e. The number of carbonyl (C=O) groups is 2. The predicted molar refractivity (Wildman–Crippen MR) is 118 cm³/mol. The number of anilines is 1. The number of rotatable bonds is 7. The van der Waals surface area contributed by atoms with E-state index < -0.39 is 37.1 Å². The summed E-state index contributed by atoms with van der Waals surface area (Å²) in [5.41, 5.74) is 7.25. The van der Waals surface area contributed by atoms with E-state index in [0.29, 0.717) is 28.8 Å². The van der Waals surface area contributed by atoms with Gasteiger partial charge in [0.2, 0.25) is 0 Å². The summed E-state index contributed by atoms with van der Waals surface area (Å²) in [4.78, 5) is 27.4. The monoisotopic (exact) mass is 467 g/mol. The van der Waals surface area contributed by atoms with Crippen LogP contribution in [-0.4, -0.2) is 62.0 Å². The molecule has 1 aromatic heterocycles. The van der Waals surface area contributed by atoms with Crippen LogP contribution in [-0.2, 0) is 9.53 Å². The lowest BCUT2D eigenvalue weighted by Crippen LogP contribution is -2.58. The van der Waals surface area contributed by atoms with Gasteiger partial charge in [0.25, 0.3) is 5.92 Å². The predicted octanol–water partition coefficient (Wildman–Crippen LogP) is 2.80. The lowest BCUT2D eigenvalue weighted by Gasteiger charge is -2.38. The number of ether oxygens (including phenoxy) is 1. The Labute approximate surface area is 190 Å². The van der Waals surface area contributed by atoms with Crippen molar-refractivity contribution in [1.29, 1.82) is 0 Å². The summed E-state index contributed by atoms with van der Waals surface area (Å²) < 4.78 is 45.0. The summed E-state index contributed by atoms with van der Waals surface area (Å²) in [6.07, 6.45) is 2.19. The van der Waals surface area contributed by atoms with Crippen molar-refractivity contribution in [3.05, 3.63) is 59.0 Å². The van der Waals surface area contributed by atoms with Crippen LogP contribution in [0.3, 0.4) is 0 Å². The summed E-state index contributed by atoms with van der Waals surface area (Å²) in [7, 11) is 3.17. The fraction of sp³-hybridized carbons (Fsp3) is 0.409. The van der Waals surface area contributed by atoms with Crippen molar-refractivity contribution >= 4 is 18.1 Å². The second kappa shape index (κ2) is 11.6. The summed E-state index contributed by atoms with van der Waals surface area (Å²) >= 11 is 0. The maximum Gasteiger partial charge on any atom is 0.318 e. The molecule has 0 spiro atoms.